The Morgan fingerprint density at radius 1 is 1.12 bits per heavy atom. The number of hydrogen-bond acceptors (Lipinski definition) is 6. The summed E-state index contributed by atoms with van der Waals surface area (Å²) >= 11 is 0. The van der Waals surface area contributed by atoms with Crippen molar-refractivity contribution in [3.05, 3.63) is 29.3 Å². The molecule has 7 nitrogen and oxygen atoms in total. The van der Waals surface area contributed by atoms with Crippen LogP contribution in [0.1, 0.15) is 30.1 Å². The monoisotopic (exact) mass is 399 g/mol. The zero-order valence-electron chi connectivity index (χ0n) is 13.7. The fourth-order valence-corrected chi connectivity index (χ4v) is 4.73. The van der Waals surface area contributed by atoms with Crippen LogP contribution in [-0.2, 0) is 24.6 Å². The van der Waals surface area contributed by atoms with Gasteiger partial charge >= 0.3 is 5.97 Å². The Kier molecular flexibility index (Phi) is 7.29. The van der Waals surface area contributed by atoms with E-state index >= 15 is 0 Å². The number of sulfonamides is 1. The molecule has 0 fully saturated rings. The van der Waals surface area contributed by atoms with Crippen LogP contribution in [0.25, 0.3) is 0 Å². The fraction of sp³-hybridized carbons (Fsp3) is 0.500. The summed E-state index contributed by atoms with van der Waals surface area (Å²) in [6.45, 7) is 1.69. The molecule has 0 spiro atoms. The lowest BCUT2D eigenvalue weighted by Gasteiger charge is -2.11. The standard InChI is InChI=1S/C14H19F2NO6S2/c1-3-7-24(19,20)8-4-9-25(21,22)17-11-6-5-10(15)12(13(11)16)14(18)23-2/h5-6,17H,3-4,7-9H2,1-2H3. The second-order valence-electron chi connectivity index (χ2n) is 5.20. The molecule has 1 aromatic carbocycles. The molecule has 0 unspecified atom stereocenters. The maximum Gasteiger partial charge on any atom is 0.343 e. The molecular formula is C14H19F2NO6S2. The van der Waals surface area contributed by atoms with Crippen LogP contribution >= 0.6 is 0 Å². The lowest BCUT2D eigenvalue weighted by Crippen LogP contribution is -2.21. The van der Waals surface area contributed by atoms with Crippen LogP contribution in [-0.4, -0.2) is 47.2 Å². The van der Waals surface area contributed by atoms with E-state index in [-0.39, 0.29) is 17.9 Å². The minimum atomic E-state index is -4.09. The van der Waals surface area contributed by atoms with Gasteiger partial charge in [0.15, 0.2) is 5.82 Å². The molecule has 0 radical (unpaired) electrons. The Labute approximate surface area is 145 Å². The van der Waals surface area contributed by atoms with Gasteiger partial charge in [0.05, 0.1) is 24.3 Å². The van der Waals surface area contributed by atoms with E-state index in [0.717, 1.165) is 19.2 Å². The van der Waals surface area contributed by atoms with Gasteiger partial charge in [-0.05, 0) is 25.0 Å². The van der Waals surface area contributed by atoms with Crippen molar-refractivity contribution in [1.82, 2.24) is 0 Å². The Morgan fingerprint density at radius 2 is 1.76 bits per heavy atom. The summed E-state index contributed by atoms with van der Waals surface area (Å²) in [6, 6.07) is 1.54. The summed E-state index contributed by atoms with van der Waals surface area (Å²) in [5, 5.41) is 0. The maximum atomic E-state index is 14.1. The molecule has 11 heteroatoms. The molecule has 142 valence electrons. The van der Waals surface area contributed by atoms with Gasteiger partial charge in [-0.1, -0.05) is 6.92 Å². The van der Waals surface area contributed by atoms with E-state index in [9.17, 15) is 30.4 Å². The molecule has 0 amide bonds. The first kappa shape index (κ1) is 21.3. The van der Waals surface area contributed by atoms with Gasteiger partial charge in [0.1, 0.15) is 21.2 Å². The second-order valence-corrected chi connectivity index (χ2v) is 9.35. The number of anilines is 1. The Balaban J connectivity index is 2.89. The number of benzene rings is 1. The van der Waals surface area contributed by atoms with Crippen LogP contribution < -0.4 is 4.72 Å². The smallest absolute Gasteiger partial charge is 0.343 e. The van der Waals surface area contributed by atoms with Crippen molar-refractivity contribution < 1.29 is 35.1 Å². The van der Waals surface area contributed by atoms with Gasteiger partial charge in [0.25, 0.3) is 0 Å². The van der Waals surface area contributed by atoms with E-state index in [0.29, 0.717) is 6.42 Å². The van der Waals surface area contributed by atoms with E-state index in [4.69, 9.17) is 0 Å². The Hall–Kier alpha value is -1.75. The van der Waals surface area contributed by atoms with Crippen LogP contribution in [0.3, 0.4) is 0 Å². The summed E-state index contributed by atoms with van der Waals surface area (Å²) in [5.41, 5.74) is -1.65. The van der Waals surface area contributed by atoms with Crippen molar-refractivity contribution in [2.75, 3.05) is 29.1 Å². The third-order valence-corrected chi connectivity index (χ3v) is 6.43. The summed E-state index contributed by atoms with van der Waals surface area (Å²) in [6.07, 6.45) is 0.245. The van der Waals surface area contributed by atoms with E-state index in [1.54, 1.807) is 6.92 Å². The number of sulfone groups is 1. The van der Waals surface area contributed by atoms with Gasteiger partial charge in [-0.25, -0.2) is 30.4 Å². The molecule has 0 bridgehead atoms. The Bertz CT molecular complexity index is 837. The Morgan fingerprint density at radius 3 is 2.32 bits per heavy atom. The van der Waals surface area contributed by atoms with Crippen LogP contribution in [0.15, 0.2) is 12.1 Å². The quantitative estimate of drug-likeness (QED) is 0.634. The van der Waals surface area contributed by atoms with Crippen LogP contribution in [0.4, 0.5) is 14.5 Å². The number of carbonyl (C=O) groups excluding carboxylic acids is 1. The SMILES string of the molecule is CCCS(=O)(=O)CCCS(=O)(=O)Nc1ccc(F)c(C(=O)OC)c1F. The molecule has 0 heterocycles. The largest absolute Gasteiger partial charge is 0.465 e. The molecule has 25 heavy (non-hydrogen) atoms. The first-order chi connectivity index (χ1) is 11.5. The summed E-state index contributed by atoms with van der Waals surface area (Å²) in [5.74, 6) is -4.83. The number of ether oxygens (including phenoxy) is 1. The van der Waals surface area contributed by atoms with Gasteiger partial charge in [0, 0.05) is 5.75 Å². The number of methoxy groups -OCH3 is 1. The number of carbonyl (C=O) groups is 1. The third kappa shape index (κ3) is 6.24. The fourth-order valence-electron chi connectivity index (χ4n) is 2.02. The van der Waals surface area contributed by atoms with Gasteiger partial charge in [0.2, 0.25) is 10.0 Å². The normalized spacial score (nSPS) is 12.0. The molecule has 1 rings (SSSR count). The zero-order chi connectivity index (χ0) is 19.3. The van der Waals surface area contributed by atoms with Crippen molar-refractivity contribution in [1.29, 1.82) is 0 Å². The lowest BCUT2D eigenvalue weighted by atomic mass is 10.2. The molecular weight excluding hydrogens is 380 g/mol. The molecule has 0 aliphatic carbocycles. The molecule has 0 saturated heterocycles. The van der Waals surface area contributed by atoms with Gasteiger partial charge in [-0.2, -0.15) is 0 Å². The number of rotatable bonds is 9. The van der Waals surface area contributed by atoms with Crippen molar-refractivity contribution in [2.24, 2.45) is 0 Å². The van der Waals surface area contributed by atoms with Crippen molar-refractivity contribution in [3.63, 3.8) is 0 Å². The van der Waals surface area contributed by atoms with E-state index in [1.165, 1.54) is 0 Å². The number of halogens is 2. The minimum absolute atomic E-state index is 0.0461. The van der Waals surface area contributed by atoms with Crippen LogP contribution in [0.5, 0.6) is 0 Å². The minimum Gasteiger partial charge on any atom is -0.465 e. The summed E-state index contributed by atoms with van der Waals surface area (Å²) < 4.78 is 80.8. The molecule has 1 aromatic rings. The summed E-state index contributed by atoms with van der Waals surface area (Å²) in [7, 11) is -6.50. The van der Waals surface area contributed by atoms with Crippen molar-refractivity contribution >= 4 is 31.5 Å². The average Bonchev–Trinajstić information content (AvgIpc) is 2.49. The topological polar surface area (TPSA) is 107 Å². The van der Waals surface area contributed by atoms with E-state index < -0.39 is 54.5 Å². The van der Waals surface area contributed by atoms with Gasteiger partial charge in [-0.3, -0.25) is 4.72 Å². The molecule has 0 saturated carbocycles. The highest BCUT2D eigenvalue weighted by molar-refractivity contribution is 7.93. The van der Waals surface area contributed by atoms with Crippen molar-refractivity contribution in [3.8, 4) is 0 Å². The number of hydrogen-bond donors (Lipinski definition) is 1. The van der Waals surface area contributed by atoms with Crippen LogP contribution in [0.2, 0.25) is 0 Å². The highest BCUT2D eigenvalue weighted by Crippen LogP contribution is 2.23. The molecule has 0 aliphatic rings. The molecule has 0 aliphatic heterocycles. The first-order valence-electron chi connectivity index (χ1n) is 7.30. The highest BCUT2D eigenvalue weighted by atomic mass is 32.2. The molecule has 0 aromatic heterocycles. The third-order valence-electron chi connectivity index (χ3n) is 3.13. The van der Waals surface area contributed by atoms with Gasteiger partial charge < -0.3 is 4.74 Å². The highest BCUT2D eigenvalue weighted by Gasteiger charge is 2.23. The second kappa shape index (κ2) is 8.56. The number of esters is 1. The predicted octanol–water partition coefficient (Wildman–Crippen LogP) is 1.71. The first-order valence-corrected chi connectivity index (χ1v) is 10.8. The summed E-state index contributed by atoms with van der Waals surface area (Å²) in [4.78, 5) is 11.4. The molecule has 0 atom stereocenters. The molecule has 1 N–H and O–H groups in total. The lowest BCUT2D eigenvalue weighted by molar-refractivity contribution is 0.0590. The van der Waals surface area contributed by atoms with E-state index in [2.05, 4.69) is 4.74 Å². The van der Waals surface area contributed by atoms with Crippen LogP contribution in [0, 0.1) is 11.6 Å². The predicted molar refractivity (Wildman–Crippen MR) is 88.7 cm³/mol. The zero-order valence-corrected chi connectivity index (χ0v) is 15.3. The number of nitrogens with one attached hydrogen (secondary N) is 1. The van der Waals surface area contributed by atoms with E-state index in [1.807, 2.05) is 4.72 Å². The van der Waals surface area contributed by atoms with Crippen molar-refractivity contribution in [2.45, 2.75) is 19.8 Å². The van der Waals surface area contributed by atoms with Gasteiger partial charge in [-0.15, -0.1) is 0 Å². The average molecular weight is 399 g/mol. The maximum absolute atomic E-state index is 14.1.